The fourth-order valence-corrected chi connectivity index (χ4v) is 3.13. The van der Waals surface area contributed by atoms with Crippen LogP contribution in [0.25, 0.3) is 0 Å². The Morgan fingerprint density at radius 3 is 2.22 bits per heavy atom. The summed E-state index contributed by atoms with van der Waals surface area (Å²) in [6.07, 6.45) is 7.97. The molecule has 0 saturated heterocycles. The summed E-state index contributed by atoms with van der Waals surface area (Å²) in [4.78, 5) is 12.0. The Kier molecular flexibility index (Phi) is 6.49. The Labute approximate surface area is 141 Å². The first-order valence-electron chi connectivity index (χ1n) is 9.09. The number of benzene rings is 1. The van der Waals surface area contributed by atoms with Gasteiger partial charge in [0.2, 0.25) is 5.91 Å². The molecule has 0 unspecified atom stereocenters. The van der Waals surface area contributed by atoms with Crippen LogP contribution in [0.5, 0.6) is 0 Å². The Balaban J connectivity index is 1.70. The van der Waals surface area contributed by atoms with Crippen LogP contribution in [0.3, 0.4) is 0 Å². The highest BCUT2D eigenvalue weighted by atomic mass is 16.1. The van der Waals surface area contributed by atoms with Crippen LogP contribution in [-0.2, 0) is 10.2 Å². The van der Waals surface area contributed by atoms with E-state index in [1.807, 2.05) is 0 Å². The molecular weight excluding hydrogens is 284 g/mol. The van der Waals surface area contributed by atoms with Crippen molar-refractivity contribution in [1.29, 1.82) is 0 Å². The molecule has 0 radical (unpaired) electrons. The molecule has 1 amide bonds. The third-order valence-corrected chi connectivity index (χ3v) is 4.65. The van der Waals surface area contributed by atoms with Gasteiger partial charge in [-0.3, -0.25) is 4.79 Å². The predicted octanol–water partition coefficient (Wildman–Crippen LogP) is 4.63. The first-order chi connectivity index (χ1) is 10.9. The summed E-state index contributed by atoms with van der Waals surface area (Å²) in [5.74, 6) is 0.177. The predicted molar refractivity (Wildman–Crippen MR) is 97.9 cm³/mol. The van der Waals surface area contributed by atoms with E-state index >= 15 is 0 Å². The van der Waals surface area contributed by atoms with E-state index < -0.39 is 0 Å². The normalized spacial score (nSPS) is 16.7. The number of hydrogen-bond acceptors (Lipinski definition) is 2. The van der Waals surface area contributed by atoms with Crippen molar-refractivity contribution >= 4 is 11.6 Å². The molecule has 1 saturated carbocycles. The molecule has 23 heavy (non-hydrogen) atoms. The second kappa shape index (κ2) is 8.37. The SMILES string of the molecule is CC(C)(C)c1ccc(NCCC(=O)NC2CCCCCC2)cc1. The minimum atomic E-state index is 0.177. The van der Waals surface area contributed by atoms with Gasteiger partial charge in [-0.25, -0.2) is 0 Å². The third-order valence-electron chi connectivity index (χ3n) is 4.65. The van der Waals surface area contributed by atoms with Crippen molar-refractivity contribution in [3.63, 3.8) is 0 Å². The van der Waals surface area contributed by atoms with Gasteiger partial charge in [-0.1, -0.05) is 58.6 Å². The number of amides is 1. The van der Waals surface area contributed by atoms with E-state index in [0.29, 0.717) is 19.0 Å². The van der Waals surface area contributed by atoms with Crippen molar-refractivity contribution in [2.24, 2.45) is 0 Å². The van der Waals surface area contributed by atoms with E-state index in [4.69, 9.17) is 0 Å². The highest BCUT2D eigenvalue weighted by Crippen LogP contribution is 2.23. The molecule has 3 heteroatoms. The average molecular weight is 316 g/mol. The summed E-state index contributed by atoms with van der Waals surface area (Å²) in [6, 6.07) is 8.92. The number of hydrogen-bond donors (Lipinski definition) is 2. The highest BCUT2D eigenvalue weighted by molar-refractivity contribution is 5.76. The van der Waals surface area contributed by atoms with Gasteiger partial charge in [0.25, 0.3) is 0 Å². The lowest BCUT2D eigenvalue weighted by Gasteiger charge is -2.19. The van der Waals surface area contributed by atoms with Crippen LogP contribution >= 0.6 is 0 Å². The van der Waals surface area contributed by atoms with Crippen LogP contribution in [0.4, 0.5) is 5.69 Å². The molecule has 0 spiro atoms. The van der Waals surface area contributed by atoms with Crippen molar-refractivity contribution in [1.82, 2.24) is 5.32 Å². The molecule has 0 aromatic heterocycles. The first-order valence-corrected chi connectivity index (χ1v) is 9.09. The molecule has 1 aliphatic rings. The summed E-state index contributed by atoms with van der Waals surface area (Å²) in [6.45, 7) is 7.33. The Morgan fingerprint density at radius 1 is 1.04 bits per heavy atom. The maximum Gasteiger partial charge on any atom is 0.221 e. The lowest BCUT2D eigenvalue weighted by molar-refractivity contribution is -0.121. The molecule has 0 bridgehead atoms. The van der Waals surface area contributed by atoms with Crippen LogP contribution in [-0.4, -0.2) is 18.5 Å². The zero-order chi connectivity index (χ0) is 16.7. The van der Waals surface area contributed by atoms with Gasteiger partial charge in [-0.15, -0.1) is 0 Å². The monoisotopic (exact) mass is 316 g/mol. The zero-order valence-corrected chi connectivity index (χ0v) is 15.0. The van der Waals surface area contributed by atoms with Crippen LogP contribution in [0.1, 0.15) is 71.3 Å². The lowest BCUT2D eigenvalue weighted by atomic mass is 9.87. The van der Waals surface area contributed by atoms with E-state index in [9.17, 15) is 4.79 Å². The number of carbonyl (C=O) groups is 1. The second-order valence-electron chi connectivity index (χ2n) is 7.76. The Bertz CT molecular complexity index is 479. The highest BCUT2D eigenvalue weighted by Gasteiger charge is 2.15. The van der Waals surface area contributed by atoms with Crippen LogP contribution in [0.15, 0.2) is 24.3 Å². The van der Waals surface area contributed by atoms with E-state index in [1.165, 1.54) is 31.2 Å². The number of nitrogens with one attached hydrogen (secondary N) is 2. The van der Waals surface area contributed by atoms with Gasteiger partial charge in [0, 0.05) is 24.7 Å². The van der Waals surface area contributed by atoms with E-state index in [2.05, 4.69) is 55.7 Å². The second-order valence-corrected chi connectivity index (χ2v) is 7.76. The van der Waals surface area contributed by atoms with Gasteiger partial charge in [0.15, 0.2) is 0 Å². The molecule has 0 aliphatic heterocycles. The van der Waals surface area contributed by atoms with Crippen molar-refractivity contribution < 1.29 is 4.79 Å². The van der Waals surface area contributed by atoms with Gasteiger partial charge < -0.3 is 10.6 Å². The lowest BCUT2D eigenvalue weighted by Crippen LogP contribution is -2.35. The third kappa shape index (κ3) is 6.25. The van der Waals surface area contributed by atoms with Crippen molar-refractivity contribution in [3.05, 3.63) is 29.8 Å². The standard InChI is InChI=1S/C20H32N2O/c1-20(2,3)16-10-12-17(13-11-16)21-15-14-19(23)22-18-8-6-4-5-7-9-18/h10-13,18,21H,4-9,14-15H2,1-3H3,(H,22,23). The topological polar surface area (TPSA) is 41.1 Å². The average Bonchev–Trinajstić information content (AvgIpc) is 2.75. The smallest absolute Gasteiger partial charge is 0.221 e. The fraction of sp³-hybridized carbons (Fsp3) is 0.650. The van der Waals surface area contributed by atoms with Gasteiger partial charge in [-0.05, 0) is 36.0 Å². The number of anilines is 1. The molecule has 1 aliphatic carbocycles. The van der Waals surface area contributed by atoms with Crippen molar-refractivity contribution in [2.75, 3.05) is 11.9 Å². The van der Waals surface area contributed by atoms with E-state index in [-0.39, 0.29) is 11.3 Å². The molecule has 0 heterocycles. The van der Waals surface area contributed by atoms with Gasteiger partial charge in [0.05, 0.1) is 0 Å². The van der Waals surface area contributed by atoms with Crippen LogP contribution in [0, 0.1) is 0 Å². The largest absolute Gasteiger partial charge is 0.385 e. The molecule has 2 N–H and O–H groups in total. The van der Waals surface area contributed by atoms with Crippen LogP contribution in [0.2, 0.25) is 0 Å². The van der Waals surface area contributed by atoms with Crippen molar-refractivity contribution in [2.45, 2.75) is 77.2 Å². The van der Waals surface area contributed by atoms with Gasteiger partial charge in [-0.2, -0.15) is 0 Å². The molecular formula is C20H32N2O. The summed E-state index contributed by atoms with van der Waals surface area (Å²) < 4.78 is 0. The first kappa shape index (κ1) is 17.8. The molecule has 3 nitrogen and oxygen atoms in total. The summed E-state index contributed by atoms with van der Waals surface area (Å²) in [5.41, 5.74) is 2.59. The molecule has 2 rings (SSSR count). The summed E-state index contributed by atoms with van der Waals surface area (Å²) >= 11 is 0. The Hall–Kier alpha value is -1.51. The molecule has 128 valence electrons. The summed E-state index contributed by atoms with van der Waals surface area (Å²) in [7, 11) is 0. The molecule has 1 fully saturated rings. The Morgan fingerprint density at radius 2 is 1.65 bits per heavy atom. The molecule has 1 aromatic carbocycles. The quantitative estimate of drug-likeness (QED) is 0.778. The summed E-state index contributed by atoms with van der Waals surface area (Å²) in [5, 5.41) is 6.54. The fourth-order valence-electron chi connectivity index (χ4n) is 3.13. The van der Waals surface area contributed by atoms with E-state index in [0.717, 1.165) is 18.5 Å². The number of carbonyl (C=O) groups excluding carboxylic acids is 1. The van der Waals surface area contributed by atoms with Gasteiger partial charge in [0.1, 0.15) is 0 Å². The molecule has 0 atom stereocenters. The van der Waals surface area contributed by atoms with Gasteiger partial charge >= 0.3 is 0 Å². The zero-order valence-electron chi connectivity index (χ0n) is 15.0. The molecule has 1 aromatic rings. The van der Waals surface area contributed by atoms with Crippen LogP contribution < -0.4 is 10.6 Å². The van der Waals surface area contributed by atoms with Crippen molar-refractivity contribution in [3.8, 4) is 0 Å². The maximum absolute atomic E-state index is 12.0. The minimum absolute atomic E-state index is 0.177. The number of rotatable bonds is 5. The van der Waals surface area contributed by atoms with E-state index in [1.54, 1.807) is 0 Å². The minimum Gasteiger partial charge on any atom is -0.385 e. The maximum atomic E-state index is 12.0.